The Morgan fingerprint density at radius 1 is 1.27 bits per heavy atom. The molecule has 0 saturated carbocycles. The van der Waals surface area contributed by atoms with Crippen LogP contribution in [0.3, 0.4) is 0 Å². The Kier molecular flexibility index (Phi) is 2.68. The van der Waals surface area contributed by atoms with Crippen LogP contribution in [0.4, 0.5) is 4.39 Å². The van der Waals surface area contributed by atoms with E-state index in [4.69, 9.17) is 4.42 Å². The highest BCUT2D eigenvalue weighted by Crippen LogP contribution is 2.17. The molecule has 76 valence electrons. The summed E-state index contributed by atoms with van der Waals surface area (Å²) in [6.07, 6.45) is 0. The van der Waals surface area contributed by atoms with Gasteiger partial charge in [-0.25, -0.2) is 4.39 Å². The molecule has 15 heavy (non-hydrogen) atoms. The third-order valence-corrected chi connectivity index (χ3v) is 2.31. The molecule has 0 aliphatic carbocycles. The Bertz CT molecular complexity index is 505. The van der Waals surface area contributed by atoms with Crippen molar-refractivity contribution in [3.8, 4) is 0 Å². The molecule has 0 bridgehead atoms. The molecule has 1 aromatic heterocycles. The van der Waals surface area contributed by atoms with Crippen molar-refractivity contribution in [1.29, 1.82) is 0 Å². The molecule has 0 N–H and O–H groups in total. The predicted molar refractivity (Wildman–Crippen MR) is 56.2 cm³/mol. The van der Waals surface area contributed by atoms with Crippen molar-refractivity contribution in [3.05, 3.63) is 58.2 Å². The molecular weight excluding hydrogens is 263 g/mol. The van der Waals surface area contributed by atoms with Crippen LogP contribution in [0.25, 0.3) is 0 Å². The van der Waals surface area contributed by atoms with Gasteiger partial charge in [0.15, 0.2) is 10.4 Å². The van der Waals surface area contributed by atoms with Gasteiger partial charge in [-0.15, -0.1) is 0 Å². The number of halogens is 2. The molecule has 0 fully saturated rings. The van der Waals surface area contributed by atoms with Crippen molar-refractivity contribution in [2.75, 3.05) is 0 Å². The number of carbonyl (C=O) groups excluding carboxylic acids is 1. The summed E-state index contributed by atoms with van der Waals surface area (Å²) in [6.45, 7) is 0. The second-order valence-electron chi connectivity index (χ2n) is 2.94. The van der Waals surface area contributed by atoms with Crippen molar-refractivity contribution >= 4 is 21.7 Å². The van der Waals surface area contributed by atoms with Crippen LogP contribution in [0.1, 0.15) is 16.1 Å². The van der Waals surface area contributed by atoms with E-state index in [0.29, 0.717) is 4.67 Å². The van der Waals surface area contributed by atoms with Crippen molar-refractivity contribution in [3.63, 3.8) is 0 Å². The van der Waals surface area contributed by atoms with E-state index in [1.807, 2.05) is 0 Å². The van der Waals surface area contributed by atoms with Crippen LogP contribution in [-0.2, 0) is 0 Å². The van der Waals surface area contributed by atoms with Crippen LogP contribution in [0.5, 0.6) is 0 Å². The number of ketones is 1. The van der Waals surface area contributed by atoms with E-state index in [1.165, 1.54) is 24.3 Å². The molecular formula is C11H6BrFO2. The van der Waals surface area contributed by atoms with Crippen LogP contribution in [0.15, 0.2) is 45.5 Å². The molecule has 0 atom stereocenters. The highest BCUT2D eigenvalue weighted by Gasteiger charge is 2.13. The molecule has 0 aliphatic heterocycles. The van der Waals surface area contributed by atoms with E-state index in [9.17, 15) is 9.18 Å². The number of hydrogen-bond acceptors (Lipinski definition) is 2. The van der Waals surface area contributed by atoms with Crippen LogP contribution >= 0.6 is 15.9 Å². The molecule has 0 unspecified atom stereocenters. The average Bonchev–Trinajstić information content (AvgIpc) is 2.64. The fourth-order valence-corrected chi connectivity index (χ4v) is 1.51. The molecule has 0 amide bonds. The van der Waals surface area contributed by atoms with E-state index in [1.54, 1.807) is 12.1 Å². The first kappa shape index (κ1) is 10.1. The lowest BCUT2D eigenvalue weighted by Crippen LogP contribution is -1.99. The second kappa shape index (κ2) is 3.98. The summed E-state index contributed by atoms with van der Waals surface area (Å²) in [7, 11) is 0. The molecule has 2 aromatic rings. The summed E-state index contributed by atoms with van der Waals surface area (Å²) in [5.41, 5.74) is 0.275. The van der Waals surface area contributed by atoms with Gasteiger partial charge >= 0.3 is 0 Å². The number of benzene rings is 1. The molecule has 0 radical (unpaired) electrons. The number of rotatable bonds is 2. The van der Waals surface area contributed by atoms with E-state index < -0.39 is 5.82 Å². The van der Waals surface area contributed by atoms with Gasteiger partial charge in [-0.1, -0.05) is 12.1 Å². The summed E-state index contributed by atoms with van der Waals surface area (Å²) < 4.78 is 18.4. The Hall–Kier alpha value is -1.42. The Balaban J connectivity index is 2.36. The van der Waals surface area contributed by atoms with Gasteiger partial charge in [0.05, 0.1) is 0 Å². The number of carbonyl (C=O) groups is 1. The number of furan rings is 1. The van der Waals surface area contributed by atoms with Gasteiger partial charge in [-0.3, -0.25) is 4.79 Å². The first-order chi connectivity index (χ1) is 7.16. The second-order valence-corrected chi connectivity index (χ2v) is 3.72. The summed E-state index contributed by atoms with van der Waals surface area (Å²) in [4.78, 5) is 11.7. The first-order valence-electron chi connectivity index (χ1n) is 4.22. The average molecular weight is 269 g/mol. The largest absolute Gasteiger partial charge is 0.446 e. The smallest absolute Gasteiger partial charge is 0.228 e. The van der Waals surface area contributed by atoms with Gasteiger partial charge in [0.2, 0.25) is 5.78 Å². The highest BCUT2D eigenvalue weighted by molar-refractivity contribution is 9.10. The van der Waals surface area contributed by atoms with Gasteiger partial charge < -0.3 is 4.42 Å². The van der Waals surface area contributed by atoms with Crippen LogP contribution in [0, 0.1) is 5.82 Å². The van der Waals surface area contributed by atoms with Gasteiger partial charge in [-0.05, 0) is 40.2 Å². The maximum Gasteiger partial charge on any atom is 0.228 e. The quantitative estimate of drug-likeness (QED) is 0.782. The zero-order valence-corrected chi connectivity index (χ0v) is 9.12. The lowest BCUT2D eigenvalue weighted by atomic mass is 10.1. The lowest BCUT2D eigenvalue weighted by Gasteiger charge is -1.96. The van der Waals surface area contributed by atoms with Crippen LogP contribution < -0.4 is 0 Å². The minimum atomic E-state index is -0.438. The summed E-state index contributed by atoms with van der Waals surface area (Å²) in [6, 6.07) is 8.65. The lowest BCUT2D eigenvalue weighted by molar-refractivity contribution is 0.101. The van der Waals surface area contributed by atoms with Crippen molar-refractivity contribution in [2.45, 2.75) is 0 Å². The molecule has 2 nitrogen and oxygen atoms in total. The molecule has 1 heterocycles. The highest BCUT2D eigenvalue weighted by atomic mass is 79.9. The van der Waals surface area contributed by atoms with Crippen LogP contribution in [-0.4, -0.2) is 5.78 Å². The monoisotopic (exact) mass is 268 g/mol. The fraction of sp³-hybridized carbons (Fsp3) is 0. The fourth-order valence-electron chi connectivity index (χ4n) is 1.21. The predicted octanol–water partition coefficient (Wildman–Crippen LogP) is 3.41. The van der Waals surface area contributed by atoms with Crippen molar-refractivity contribution in [2.24, 2.45) is 0 Å². The standard InChI is InChI=1S/C11H6BrFO2/c12-10-5-4-9(15-10)11(14)7-2-1-3-8(13)6-7/h1-6H. The van der Waals surface area contributed by atoms with E-state index >= 15 is 0 Å². The molecule has 0 spiro atoms. The maximum atomic E-state index is 12.9. The summed E-state index contributed by atoms with van der Waals surface area (Å²) in [5, 5.41) is 0. The van der Waals surface area contributed by atoms with Gasteiger partial charge in [0.25, 0.3) is 0 Å². The Labute approximate surface area is 93.8 Å². The topological polar surface area (TPSA) is 30.2 Å². The van der Waals surface area contributed by atoms with Crippen molar-refractivity contribution < 1.29 is 13.6 Å². The third kappa shape index (κ3) is 2.15. The summed E-state index contributed by atoms with van der Waals surface area (Å²) in [5.74, 6) is -0.584. The zero-order valence-electron chi connectivity index (χ0n) is 7.54. The molecule has 0 saturated heterocycles. The zero-order chi connectivity index (χ0) is 10.8. The molecule has 1 aromatic carbocycles. The first-order valence-corrected chi connectivity index (χ1v) is 5.02. The molecule has 0 aliphatic rings. The van der Waals surface area contributed by atoms with Gasteiger partial charge in [0.1, 0.15) is 5.82 Å². The number of hydrogen-bond donors (Lipinski definition) is 0. The van der Waals surface area contributed by atoms with Gasteiger partial charge in [-0.2, -0.15) is 0 Å². The van der Waals surface area contributed by atoms with Crippen molar-refractivity contribution in [1.82, 2.24) is 0 Å². The van der Waals surface area contributed by atoms with Gasteiger partial charge in [0, 0.05) is 5.56 Å². The summed E-state index contributed by atoms with van der Waals surface area (Å²) >= 11 is 3.09. The normalized spacial score (nSPS) is 10.3. The maximum absolute atomic E-state index is 12.9. The SMILES string of the molecule is O=C(c1cccc(F)c1)c1ccc(Br)o1. The Morgan fingerprint density at radius 3 is 2.67 bits per heavy atom. The van der Waals surface area contributed by atoms with E-state index in [0.717, 1.165) is 0 Å². The van der Waals surface area contributed by atoms with E-state index in [-0.39, 0.29) is 17.1 Å². The minimum Gasteiger partial charge on any atom is -0.446 e. The minimum absolute atomic E-state index is 0.187. The van der Waals surface area contributed by atoms with E-state index in [2.05, 4.69) is 15.9 Å². The third-order valence-electron chi connectivity index (χ3n) is 1.88. The molecule has 2 rings (SSSR count). The Morgan fingerprint density at radius 2 is 2.07 bits per heavy atom. The van der Waals surface area contributed by atoms with Crippen LogP contribution in [0.2, 0.25) is 0 Å². The molecule has 4 heteroatoms.